The lowest BCUT2D eigenvalue weighted by Gasteiger charge is -2.07. The average molecular weight is 204 g/mol. The van der Waals surface area contributed by atoms with Gasteiger partial charge in [-0.1, -0.05) is 0 Å². The Balaban J connectivity index is 3.48. The minimum Gasteiger partial charge on any atom is -0.479 e. The SMILES string of the molecule is CNCCCC(=O)NC[C@H](O)C(=O)O. The number of carboxylic acid groups (broad SMARTS) is 1. The Morgan fingerprint density at radius 1 is 1.43 bits per heavy atom. The van der Waals surface area contributed by atoms with E-state index in [1.54, 1.807) is 7.05 Å². The number of carbonyl (C=O) groups excluding carboxylic acids is 1. The number of amides is 1. The number of rotatable bonds is 7. The molecule has 1 amide bonds. The Hall–Kier alpha value is -1.14. The lowest BCUT2D eigenvalue weighted by atomic mass is 10.3. The van der Waals surface area contributed by atoms with Gasteiger partial charge in [0.1, 0.15) is 0 Å². The standard InChI is InChI=1S/C8H16N2O4/c1-9-4-2-3-7(12)10-5-6(11)8(13)14/h6,9,11H,2-5H2,1H3,(H,10,12)(H,13,14)/t6-/m0/s1. The third-order valence-electron chi connectivity index (χ3n) is 1.61. The summed E-state index contributed by atoms with van der Waals surface area (Å²) >= 11 is 0. The molecule has 82 valence electrons. The van der Waals surface area contributed by atoms with Crippen molar-refractivity contribution in [2.75, 3.05) is 20.1 Å². The van der Waals surface area contributed by atoms with E-state index < -0.39 is 12.1 Å². The van der Waals surface area contributed by atoms with Crippen LogP contribution in [0.1, 0.15) is 12.8 Å². The van der Waals surface area contributed by atoms with E-state index in [-0.39, 0.29) is 12.5 Å². The van der Waals surface area contributed by atoms with E-state index in [4.69, 9.17) is 10.2 Å². The van der Waals surface area contributed by atoms with Gasteiger partial charge in [-0.3, -0.25) is 4.79 Å². The molecular formula is C8H16N2O4. The number of nitrogens with one attached hydrogen (secondary N) is 2. The van der Waals surface area contributed by atoms with Gasteiger partial charge in [-0.2, -0.15) is 0 Å². The number of aliphatic hydroxyl groups is 1. The van der Waals surface area contributed by atoms with E-state index in [0.29, 0.717) is 12.8 Å². The highest BCUT2D eigenvalue weighted by Crippen LogP contribution is 1.87. The van der Waals surface area contributed by atoms with Crippen LogP contribution in [0.4, 0.5) is 0 Å². The van der Waals surface area contributed by atoms with E-state index in [1.807, 2.05) is 0 Å². The molecule has 0 aliphatic rings. The fourth-order valence-electron chi connectivity index (χ4n) is 0.812. The van der Waals surface area contributed by atoms with Crippen molar-refractivity contribution in [1.82, 2.24) is 10.6 Å². The third kappa shape index (κ3) is 6.38. The topological polar surface area (TPSA) is 98.7 Å². The molecule has 4 N–H and O–H groups in total. The van der Waals surface area contributed by atoms with Crippen LogP contribution in [0.3, 0.4) is 0 Å². The average Bonchev–Trinajstić information content (AvgIpc) is 2.14. The zero-order valence-electron chi connectivity index (χ0n) is 8.12. The second-order valence-corrected chi connectivity index (χ2v) is 2.87. The highest BCUT2D eigenvalue weighted by atomic mass is 16.4. The van der Waals surface area contributed by atoms with Crippen LogP contribution in [0, 0.1) is 0 Å². The molecule has 0 aromatic carbocycles. The molecule has 0 radical (unpaired) electrons. The molecule has 14 heavy (non-hydrogen) atoms. The molecule has 0 rings (SSSR count). The van der Waals surface area contributed by atoms with Crippen LogP contribution in [0.2, 0.25) is 0 Å². The first-order chi connectivity index (χ1) is 6.57. The van der Waals surface area contributed by atoms with Crippen LogP contribution in [-0.2, 0) is 9.59 Å². The molecule has 0 unspecified atom stereocenters. The normalized spacial score (nSPS) is 12.1. The number of carboxylic acids is 1. The molecule has 0 aromatic heterocycles. The van der Waals surface area contributed by atoms with Gasteiger partial charge in [0.25, 0.3) is 0 Å². The molecule has 1 atom stereocenters. The number of aliphatic hydroxyl groups excluding tert-OH is 1. The Kier molecular flexibility index (Phi) is 6.69. The van der Waals surface area contributed by atoms with Crippen molar-refractivity contribution in [3.63, 3.8) is 0 Å². The van der Waals surface area contributed by atoms with E-state index >= 15 is 0 Å². The highest BCUT2D eigenvalue weighted by molar-refractivity contribution is 5.77. The number of carbonyl (C=O) groups is 2. The predicted molar refractivity (Wildman–Crippen MR) is 49.8 cm³/mol. The Morgan fingerprint density at radius 3 is 2.57 bits per heavy atom. The first-order valence-electron chi connectivity index (χ1n) is 4.40. The van der Waals surface area contributed by atoms with Crippen LogP contribution < -0.4 is 10.6 Å². The van der Waals surface area contributed by atoms with Crippen LogP contribution >= 0.6 is 0 Å². The number of hydrogen-bond acceptors (Lipinski definition) is 4. The first kappa shape index (κ1) is 12.9. The Morgan fingerprint density at radius 2 is 2.07 bits per heavy atom. The molecule has 0 fully saturated rings. The van der Waals surface area contributed by atoms with Crippen molar-refractivity contribution in [1.29, 1.82) is 0 Å². The van der Waals surface area contributed by atoms with Crippen molar-refractivity contribution in [3.8, 4) is 0 Å². The zero-order valence-corrected chi connectivity index (χ0v) is 8.12. The van der Waals surface area contributed by atoms with E-state index in [1.165, 1.54) is 0 Å². The van der Waals surface area contributed by atoms with E-state index in [9.17, 15) is 9.59 Å². The van der Waals surface area contributed by atoms with E-state index in [2.05, 4.69) is 10.6 Å². The monoisotopic (exact) mass is 204 g/mol. The maximum atomic E-state index is 11.0. The quantitative estimate of drug-likeness (QED) is 0.380. The fourth-order valence-corrected chi connectivity index (χ4v) is 0.812. The molecule has 0 saturated carbocycles. The second kappa shape index (κ2) is 7.28. The number of hydrogen-bond donors (Lipinski definition) is 4. The van der Waals surface area contributed by atoms with Crippen molar-refractivity contribution >= 4 is 11.9 Å². The molecule has 0 aromatic rings. The van der Waals surface area contributed by atoms with Crippen molar-refractivity contribution in [2.24, 2.45) is 0 Å². The zero-order chi connectivity index (χ0) is 11.0. The molecule has 0 aliphatic carbocycles. The minimum atomic E-state index is -1.52. The maximum Gasteiger partial charge on any atom is 0.334 e. The summed E-state index contributed by atoms with van der Waals surface area (Å²) in [5.74, 6) is -1.58. The lowest BCUT2D eigenvalue weighted by Crippen LogP contribution is -2.36. The van der Waals surface area contributed by atoms with Gasteiger partial charge in [0.15, 0.2) is 6.10 Å². The fraction of sp³-hybridized carbons (Fsp3) is 0.750. The van der Waals surface area contributed by atoms with E-state index in [0.717, 1.165) is 6.54 Å². The molecule has 6 heteroatoms. The molecule has 0 heterocycles. The smallest absolute Gasteiger partial charge is 0.334 e. The molecule has 6 nitrogen and oxygen atoms in total. The van der Waals surface area contributed by atoms with Crippen molar-refractivity contribution in [3.05, 3.63) is 0 Å². The molecule has 0 spiro atoms. The van der Waals surface area contributed by atoms with Gasteiger partial charge in [0, 0.05) is 6.42 Å². The summed E-state index contributed by atoms with van der Waals surface area (Å²) in [6, 6.07) is 0. The van der Waals surface area contributed by atoms with Crippen LogP contribution in [0.15, 0.2) is 0 Å². The van der Waals surface area contributed by atoms with Crippen LogP contribution in [0.25, 0.3) is 0 Å². The van der Waals surface area contributed by atoms with Gasteiger partial charge < -0.3 is 20.8 Å². The predicted octanol–water partition coefficient (Wildman–Crippen LogP) is -1.45. The molecule has 0 saturated heterocycles. The Labute approximate surface area is 82.3 Å². The maximum absolute atomic E-state index is 11.0. The van der Waals surface area contributed by atoms with Crippen molar-refractivity contribution in [2.45, 2.75) is 18.9 Å². The second-order valence-electron chi connectivity index (χ2n) is 2.87. The summed E-state index contributed by atoms with van der Waals surface area (Å²) in [5, 5.41) is 22.3. The number of aliphatic carboxylic acids is 1. The summed E-state index contributed by atoms with van der Waals surface area (Å²) < 4.78 is 0. The van der Waals surface area contributed by atoms with Crippen molar-refractivity contribution < 1.29 is 19.8 Å². The Bertz CT molecular complexity index is 196. The highest BCUT2D eigenvalue weighted by Gasteiger charge is 2.13. The summed E-state index contributed by atoms with van der Waals surface area (Å²) in [5.41, 5.74) is 0. The summed E-state index contributed by atoms with van der Waals surface area (Å²) in [6.45, 7) is 0.489. The van der Waals surface area contributed by atoms with Gasteiger partial charge in [0.2, 0.25) is 5.91 Å². The largest absolute Gasteiger partial charge is 0.479 e. The van der Waals surface area contributed by atoms with Crippen LogP contribution in [0.5, 0.6) is 0 Å². The van der Waals surface area contributed by atoms with Gasteiger partial charge in [-0.05, 0) is 20.0 Å². The third-order valence-corrected chi connectivity index (χ3v) is 1.61. The van der Waals surface area contributed by atoms with Crippen LogP contribution in [-0.4, -0.2) is 48.3 Å². The van der Waals surface area contributed by atoms with Gasteiger partial charge in [-0.15, -0.1) is 0 Å². The molecule has 0 bridgehead atoms. The van der Waals surface area contributed by atoms with Gasteiger partial charge in [0.05, 0.1) is 6.54 Å². The van der Waals surface area contributed by atoms with Gasteiger partial charge >= 0.3 is 5.97 Å². The molecule has 0 aliphatic heterocycles. The first-order valence-corrected chi connectivity index (χ1v) is 4.40. The minimum absolute atomic E-state index is 0.242. The lowest BCUT2D eigenvalue weighted by molar-refractivity contribution is -0.146. The summed E-state index contributed by atoms with van der Waals surface area (Å²) in [7, 11) is 1.78. The van der Waals surface area contributed by atoms with Gasteiger partial charge in [-0.25, -0.2) is 4.79 Å². The molecular weight excluding hydrogens is 188 g/mol. The summed E-state index contributed by atoms with van der Waals surface area (Å²) in [6.07, 6.45) is -0.512. The summed E-state index contributed by atoms with van der Waals surface area (Å²) in [4.78, 5) is 21.2.